The van der Waals surface area contributed by atoms with Crippen LogP contribution in [0.2, 0.25) is 0 Å². The van der Waals surface area contributed by atoms with Gasteiger partial charge in [0.15, 0.2) is 0 Å². The summed E-state index contributed by atoms with van der Waals surface area (Å²) in [5.74, 6) is 1.41. The van der Waals surface area contributed by atoms with E-state index in [1.54, 1.807) is 17.7 Å². The van der Waals surface area contributed by atoms with Crippen molar-refractivity contribution in [3.63, 3.8) is 0 Å². The zero-order chi connectivity index (χ0) is 14.7. The highest BCUT2D eigenvalue weighted by Crippen LogP contribution is 2.24. The molecule has 1 aromatic carbocycles. The number of methoxy groups -OCH3 is 1. The van der Waals surface area contributed by atoms with Crippen LogP contribution in [0.25, 0.3) is 5.69 Å². The van der Waals surface area contributed by atoms with Gasteiger partial charge in [0.25, 0.3) is 5.56 Å². The summed E-state index contributed by atoms with van der Waals surface area (Å²) in [5.41, 5.74) is 3.06. The number of nitrogens with zero attached hydrogens (tertiary/aromatic N) is 1. The molecule has 2 aromatic rings. The number of hydrogen-bond acceptors (Lipinski definition) is 2. The van der Waals surface area contributed by atoms with Crippen LogP contribution in [0.3, 0.4) is 0 Å². The van der Waals surface area contributed by atoms with Gasteiger partial charge in [0, 0.05) is 18.0 Å². The van der Waals surface area contributed by atoms with Crippen molar-refractivity contribution in [1.82, 2.24) is 4.57 Å². The Morgan fingerprint density at radius 3 is 2.60 bits per heavy atom. The Balaban J connectivity index is 2.52. The largest absolute Gasteiger partial charge is 0.496 e. The Kier molecular flexibility index (Phi) is 4.28. The number of pyridine rings is 1. The summed E-state index contributed by atoms with van der Waals surface area (Å²) < 4.78 is 7.08. The van der Waals surface area contributed by atoms with E-state index in [2.05, 4.69) is 13.8 Å². The maximum absolute atomic E-state index is 12.0. The van der Waals surface area contributed by atoms with Gasteiger partial charge in [-0.25, -0.2) is 0 Å². The van der Waals surface area contributed by atoms with Gasteiger partial charge in [-0.15, -0.1) is 0 Å². The highest BCUT2D eigenvalue weighted by atomic mass is 16.5. The third-order valence-corrected chi connectivity index (χ3v) is 3.23. The lowest BCUT2D eigenvalue weighted by Gasteiger charge is -2.14. The first kappa shape index (κ1) is 14.4. The molecule has 3 heteroatoms. The molecule has 0 saturated heterocycles. The van der Waals surface area contributed by atoms with E-state index < -0.39 is 0 Å². The highest BCUT2D eigenvalue weighted by molar-refractivity contribution is 5.45. The fourth-order valence-corrected chi connectivity index (χ4v) is 2.31. The van der Waals surface area contributed by atoms with Crippen LogP contribution in [0.4, 0.5) is 0 Å². The Morgan fingerprint density at radius 1 is 1.20 bits per heavy atom. The summed E-state index contributed by atoms with van der Waals surface area (Å²) in [6.07, 6.45) is 2.79. The monoisotopic (exact) mass is 271 g/mol. The zero-order valence-corrected chi connectivity index (χ0v) is 12.5. The van der Waals surface area contributed by atoms with E-state index >= 15 is 0 Å². The van der Waals surface area contributed by atoms with Gasteiger partial charge in [-0.3, -0.25) is 9.36 Å². The minimum Gasteiger partial charge on any atom is -0.496 e. The number of aromatic nitrogens is 1. The summed E-state index contributed by atoms with van der Waals surface area (Å²) >= 11 is 0. The predicted molar refractivity (Wildman–Crippen MR) is 81.9 cm³/mol. The van der Waals surface area contributed by atoms with Crippen molar-refractivity contribution in [2.75, 3.05) is 7.11 Å². The van der Waals surface area contributed by atoms with Gasteiger partial charge in [-0.05, 0) is 48.6 Å². The standard InChI is InChI=1S/C17H21NO2/c1-12(2)9-14-10-15(6-7-16(14)20-4)18-11-13(3)5-8-17(18)19/h5-8,10-12H,9H2,1-4H3. The molecule has 0 fully saturated rings. The molecule has 0 radical (unpaired) electrons. The minimum atomic E-state index is -0.0173. The van der Waals surface area contributed by atoms with Crippen LogP contribution in [-0.4, -0.2) is 11.7 Å². The summed E-state index contributed by atoms with van der Waals surface area (Å²) in [6, 6.07) is 9.32. The molecule has 106 valence electrons. The van der Waals surface area contributed by atoms with Gasteiger partial charge < -0.3 is 4.74 Å². The van der Waals surface area contributed by atoms with E-state index in [4.69, 9.17) is 4.74 Å². The fraction of sp³-hybridized carbons (Fsp3) is 0.353. The van der Waals surface area contributed by atoms with Crippen LogP contribution in [0.5, 0.6) is 5.75 Å². The number of ether oxygens (including phenoxy) is 1. The molecule has 3 nitrogen and oxygen atoms in total. The van der Waals surface area contributed by atoms with Gasteiger partial charge in [-0.2, -0.15) is 0 Å². The van der Waals surface area contributed by atoms with Crippen molar-refractivity contribution in [3.05, 3.63) is 58.0 Å². The van der Waals surface area contributed by atoms with Crippen molar-refractivity contribution in [3.8, 4) is 11.4 Å². The first-order valence-electron chi connectivity index (χ1n) is 6.88. The van der Waals surface area contributed by atoms with Gasteiger partial charge in [0.1, 0.15) is 5.75 Å². The normalized spacial score (nSPS) is 10.8. The molecule has 0 unspecified atom stereocenters. The third kappa shape index (κ3) is 3.10. The van der Waals surface area contributed by atoms with Crippen LogP contribution in [-0.2, 0) is 6.42 Å². The van der Waals surface area contributed by atoms with E-state index in [0.29, 0.717) is 5.92 Å². The van der Waals surface area contributed by atoms with E-state index in [-0.39, 0.29) is 5.56 Å². The topological polar surface area (TPSA) is 31.2 Å². The SMILES string of the molecule is COc1ccc(-n2cc(C)ccc2=O)cc1CC(C)C. The molecular weight excluding hydrogens is 250 g/mol. The molecule has 20 heavy (non-hydrogen) atoms. The smallest absolute Gasteiger partial charge is 0.255 e. The lowest BCUT2D eigenvalue weighted by molar-refractivity contribution is 0.406. The molecular formula is C17H21NO2. The molecule has 0 aliphatic rings. The molecule has 0 N–H and O–H groups in total. The lowest BCUT2D eigenvalue weighted by atomic mass is 10.0. The summed E-state index contributed by atoms with van der Waals surface area (Å²) in [6.45, 7) is 6.32. The molecule has 0 aliphatic heterocycles. The van der Waals surface area contributed by atoms with Crippen molar-refractivity contribution in [1.29, 1.82) is 0 Å². The predicted octanol–water partition coefficient (Wildman–Crippen LogP) is 3.35. The molecule has 0 spiro atoms. The quantitative estimate of drug-likeness (QED) is 0.854. The molecule has 0 amide bonds. The number of aryl methyl sites for hydroxylation is 1. The second-order valence-electron chi connectivity index (χ2n) is 5.51. The number of benzene rings is 1. The van der Waals surface area contributed by atoms with Crippen molar-refractivity contribution in [2.24, 2.45) is 5.92 Å². The average molecular weight is 271 g/mol. The molecule has 1 heterocycles. The third-order valence-electron chi connectivity index (χ3n) is 3.23. The van der Waals surface area contributed by atoms with E-state index in [0.717, 1.165) is 29.0 Å². The van der Waals surface area contributed by atoms with Gasteiger partial charge in [-0.1, -0.05) is 19.9 Å². The Morgan fingerprint density at radius 2 is 1.95 bits per heavy atom. The molecule has 0 atom stereocenters. The van der Waals surface area contributed by atoms with Crippen LogP contribution < -0.4 is 10.3 Å². The molecule has 0 aliphatic carbocycles. The van der Waals surface area contributed by atoms with Crippen LogP contribution in [0.15, 0.2) is 41.3 Å². The molecule has 2 rings (SSSR count). The maximum atomic E-state index is 12.0. The van der Waals surface area contributed by atoms with Crippen LogP contribution >= 0.6 is 0 Å². The van der Waals surface area contributed by atoms with Gasteiger partial charge in [0.05, 0.1) is 7.11 Å². The number of hydrogen-bond donors (Lipinski definition) is 0. The van der Waals surface area contributed by atoms with Crippen molar-refractivity contribution < 1.29 is 4.74 Å². The van der Waals surface area contributed by atoms with Crippen LogP contribution in [0.1, 0.15) is 25.0 Å². The van der Waals surface area contributed by atoms with Crippen LogP contribution in [0, 0.1) is 12.8 Å². The van der Waals surface area contributed by atoms with E-state index in [9.17, 15) is 4.79 Å². The Bertz CT molecular complexity index is 656. The molecule has 0 saturated carbocycles. The van der Waals surface area contributed by atoms with Gasteiger partial charge >= 0.3 is 0 Å². The summed E-state index contributed by atoms with van der Waals surface area (Å²) in [7, 11) is 1.68. The van der Waals surface area contributed by atoms with E-state index in [1.807, 2.05) is 37.4 Å². The Labute approximate surface area is 119 Å². The van der Waals surface area contributed by atoms with E-state index in [1.165, 1.54) is 0 Å². The first-order chi connectivity index (χ1) is 9.51. The Hall–Kier alpha value is -2.03. The second kappa shape index (κ2) is 5.95. The number of rotatable bonds is 4. The summed E-state index contributed by atoms with van der Waals surface area (Å²) in [5, 5.41) is 0. The summed E-state index contributed by atoms with van der Waals surface area (Å²) in [4.78, 5) is 12.0. The zero-order valence-electron chi connectivity index (χ0n) is 12.5. The lowest BCUT2D eigenvalue weighted by Crippen LogP contribution is -2.17. The molecule has 0 bridgehead atoms. The maximum Gasteiger partial charge on any atom is 0.255 e. The molecule has 1 aromatic heterocycles. The first-order valence-corrected chi connectivity index (χ1v) is 6.88. The van der Waals surface area contributed by atoms with Crippen molar-refractivity contribution >= 4 is 0 Å². The minimum absolute atomic E-state index is 0.0173. The second-order valence-corrected chi connectivity index (χ2v) is 5.51. The average Bonchev–Trinajstić information content (AvgIpc) is 2.41. The van der Waals surface area contributed by atoms with Crippen molar-refractivity contribution in [2.45, 2.75) is 27.2 Å². The fourth-order valence-electron chi connectivity index (χ4n) is 2.31. The van der Waals surface area contributed by atoms with Gasteiger partial charge in [0.2, 0.25) is 0 Å². The highest BCUT2D eigenvalue weighted by Gasteiger charge is 2.08.